The first-order valence-electron chi connectivity index (χ1n) is 6.00. The van der Waals surface area contributed by atoms with E-state index in [1.54, 1.807) is 0 Å². The molecule has 2 rings (SSSR count). The molecule has 1 amide bonds. The fourth-order valence-corrected chi connectivity index (χ4v) is 1.75. The van der Waals surface area contributed by atoms with Crippen LogP contribution in [0.3, 0.4) is 0 Å². The minimum absolute atomic E-state index is 0.124. The highest BCUT2D eigenvalue weighted by Gasteiger charge is 2.10. The summed E-state index contributed by atoms with van der Waals surface area (Å²) in [5.74, 6) is -0.124. The number of imidazole rings is 1. The summed E-state index contributed by atoms with van der Waals surface area (Å²) >= 11 is 0. The van der Waals surface area contributed by atoms with Crippen LogP contribution in [0.1, 0.15) is 27.3 Å². The normalized spacial score (nSPS) is 10.3. The zero-order chi connectivity index (χ0) is 13.0. The van der Waals surface area contributed by atoms with Crippen LogP contribution in [0, 0.1) is 13.8 Å². The third-order valence-electron chi connectivity index (χ3n) is 2.86. The Hall–Kier alpha value is -2.10. The van der Waals surface area contributed by atoms with Crippen LogP contribution < -0.4 is 5.32 Å². The van der Waals surface area contributed by atoms with Gasteiger partial charge < -0.3 is 10.3 Å². The molecule has 0 saturated carbocycles. The number of nitrogens with zero attached hydrogens (tertiary/aromatic N) is 1. The number of carbonyl (C=O) groups is 1. The highest BCUT2D eigenvalue weighted by Crippen LogP contribution is 2.04. The number of nitrogens with one attached hydrogen (secondary N) is 2. The van der Waals surface area contributed by atoms with Crippen molar-refractivity contribution >= 4 is 5.91 Å². The van der Waals surface area contributed by atoms with Gasteiger partial charge in [0.15, 0.2) is 0 Å². The highest BCUT2D eigenvalue weighted by atomic mass is 16.1. The summed E-state index contributed by atoms with van der Waals surface area (Å²) in [5, 5.41) is 2.87. The van der Waals surface area contributed by atoms with Gasteiger partial charge in [-0.15, -0.1) is 0 Å². The molecular weight excluding hydrogens is 226 g/mol. The number of aromatic amines is 1. The molecule has 0 aliphatic rings. The fraction of sp³-hybridized carbons (Fsp3) is 0.286. The summed E-state index contributed by atoms with van der Waals surface area (Å²) < 4.78 is 0. The molecular formula is C14H17N3O. The Morgan fingerprint density at radius 2 is 2.00 bits per heavy atom. The molecule has 0 atom stereocenters. The maximum Gasteiger partial charge on any atom is 0.271 e. The summed E-state index contributed by atoms with van der Waals surface area (Å²) in [4.78, 5) is 18.7. The van der Waals surface area contributed by atoms with Crippen molar-refractivity contribution in [2.24, 2.45) is 0 Å². The molecule has 1 aromatic carbocycles. The lowest BCUT2D eigenvalue weighted by Gasteiger charge is -2.04. The first-order valence-corrected chi connectivity index (χ1v) is 6.00. The average Bonchev–Trinajstić information content (AvgIpc) is 2.78. The van der Waals surface area contributed by atoms with Crippen molar-refractivity contribution in [2.75, 3.05) is 6.54 Å². The molecule has 0 bridgehead atoms. The molecule has 1 aromatic heterocycles. The third kappa shape index (κ3) is 2.97. The fourth-order valence-electron chi connectivity index (χ4n) is 1.75. The number of rotatable bonds is 4. The number of aryl methyl sites for hydroxylation is 2. The first-order chi connectivity index (χ1) is 8.66. The van der Waals surface area contributed by atoms with Gasteiger partial charge >= 0.3 is 0 Å². The standard InChI is InChI=1S/C14H17N3O/c1-10-3-5-12(6-4-10)7-8-15-14(18)13-11(2)16-9-17-13/h3-6,9H,7-8H2,1-2H3,(H,15,18)(H,16,17). The van der Waals surface area contributed by atoms with E-state index < -0.39 is 0 Å². The van der Waals surface area contributed by atoms with E-state index in [2.05, 4.69) is 46.5 Å². The van der Waals surface area contributed by atoms with Gasteiger partial charge in [-0.25, -0.2) is 4.98 Å². The van der Waals surface area contributed by atoms with Crippen LogP contribution >= 0.6 is 0 Å². The van der Waals surface area contributed by atoms with Gasteiger partial charge in [-0.1, -0.05) is 29.8 Å². The highest BCUT2D eigenvalue weighted by molar-refractivity contribution is 5.93. The van der Waals surface area contributed by atoms with Gasteiger partial charge in [0.05, 0.1) is 6.33 Å². The molecule has 0 fully saturated rings. The quantitative estimate of drug-likeness (QED) is 0.863. The Balaban J connectivity index is 1.84. The van der Waals surface area contributed by atoms with E-state index in [9.17, 15) is 4.79 Å². The number of aromatic nitrogens is 2. The van der Waals surface area contributed by atoms with E-state index in [0.717, 1.165) is 12.1 Å². The zero-order valence-corrected chi connectivity index (χ0v) is 10.7. The molecule has 18 heavy (non-hydrogen) atoms. The lowest BCUT2D eigenvalue weighted by molar-refractivity contribution is 0.0949. The second-order valence-electron chi connectivity index (χ2n) is 4.37. The topological polar surface area (TPSA) is 57.8 Å². The molecule has 0 aliphatic carbocycles. The summed E-state index contributed by atoms with van der Waals surface area (Å²) in [7, 11) is 0. The molecule has 4 heteroatoms. The molecule has 4 nitrogen and oxygen atoms in total. The van der Waals surface area contributed by atoms with Crippen molar-refractivity contribution in [1.82, 2.24) is 15.3 Å². The lowest BCUT2D eigenvalue weighted by Crippen LogP contribution is -2.26. The van der Waals surface area contributed by atoms with E-state index in [-0.39, 0.29) is 5.91 Å². The molecule has 2 N–H and O–H groups in total. The van der Waals surface area contributed by atoms with Crippen LogP contribution in [0.2, 0.25) is 0 Å². The predicted octanol–water partition coefficient (Wildman–Crippen LogP) is 2.00. The monoisotopic (exact) mass is 243 g/mol. The molecule has 0 saturated heterocycles. The van der Waals surface area contributed by atoms with Crippen LogP contribution in [-0.2, 0) is 6.42 Å². The van der Waals surface area contributed by atoms with E-state index in [4.69, 9.17) is 0 Å². The van der Waals surface area contributed by atoms with Gasteiger partial charge in [0, 0.05) is 12.2 Å². The van der Waals surface area contributed by atoms with Crippen molar-refractivity contribution in [1.29, 1.82) is 0 Å². The SMILES string of the molecule is Cc1ccc(CCNC(=O)c2nc[nH]c2C)cc1. The largest absolute Gasteiger partial charge is 0.350 e. The minimum atomic E-state index is -0.124. The Kier molecular flexibility index (Phi) is 3.77. The van der Waals surface area contributed by atoms with Crippen LogP contribution in [0.4, 0.5) is 0 Å². The Labute approximate surface area is 106 Å². The maximum absolute atomic E-state index is 11.8. The Morgan fingerprint density at radius 3 is 2.61 bits per heavy atom. The van der Waals surface area contributed by atoms with Crippen LogP contribution in [0.25, 0.3) is 0 Å². The second kappa shape index (κ2) is 5.49. The van der Waals surface area contributed by atoms with E-state index in [1.165, 1.54) is 17.5 Å². The number of H-pyrrole nitrogens is 1. The Bertz CT molecular complexity index is 528. The molecule has 94 valence electrons. The van der Waals surface area contributed by atoms with Crippen molar-refractivity contribution in [2.45, 2.75) is 20.3 Å². The lowest BCUT2D eigenvalue weighted by atomic mass is 10.1. The van der Waals surface area contributed by atoms with Gasteiger partial charge in [0.2, 0.25) is 0 Å². The zero-order valence-electron chi connectivity index (χ0n) is 10.7. The van der Waals surface area contributed by atoms with Gasteiger partial charge in [0.1, 0.15) is 5.69 Å². The number of hydrogen-bond donors (Lipinski definition) is 2. The van der Waals surface area contributed by atoms with Crippen LogP contribution in [0.5, 0.6) is 0 Å². The van der Waals surface area contributed by atoms with Crippen molar-refractivity contribution in [3.8, 4) is 0 Å². The predicted molar refractivity (Wildman–Crippen MR) is 70.5 cm³/mol. The molecule has 0 aliphatic heterocycles. The average molecular weight is 243 g/mol. The van der Waals surface area contributed by atoms with Gasteiger partial charge in [0.25, 0.3) is 5.91 Å². The van der Waals surface area contributed by atoms with Crippen molar-refractivity contribution < 1.29 is 4.79 Å². The second-order valence-corrected chi connectivity index (χ2v) is 4.37. The van der Waals surface area contributed by atoms with Crippen molar-refractivity contribution in [3.63, 3.8) is 0 Å². The molecule has 0 unspecified atom stereocenters. The van der Waals surface area contributed by atoms with Crippen molar-refractivity contribution in [3.05, 3.63) is 53.1 Å². The van der Waals surface area contributed by atoms with Gasteiger partial charge in [-0.05, 0) is 25.8 Å². The van der Waals surface area contributed by atoms with Crippen LogP contribution in [-0.4, -0.2) is 22.4 Å². The smallest absolute Gasteiger partial charge is 0.271 e. The number of benzene rings is 1. The summed E-state index contributed by atoms with van der Waals surface area (Å²) in [6, 6.07) is 8.33. The molecule has 0 spiro atoms. The number of amides is 1. The minimum Gasteiger partial charge on any atom is -0.350 e. The Morgan fingerprint density at radius 1 is 1.28 bits per heavy atom. The van der Waals surface area contributed by atoms with Gasteiger partial charge in [-0.2, -0.15) is 0 Å². The molecule has 1 heterocycles. The summed E-state index contributed by atoms with van der Waals surface area (Å²) in [5.41, 5.74) is 3.73. The van der Waals surface area contributed by atoms with E-state index in [1.807, 2.05) is 6.92 Å². The van der Waals surface area contributed by atoms with E-state index in [0.29, 0.717) is 12.2 Å². The van der Waals surface area contributed by atoms with E-state index >= 15 is 0 Å². The number of hydrogen-bond acceptors (Lipinski definition) is 2. The summed E-state index contributed by atoms with van der Waals surface area (Å²) in [6.07, 6.45) is 2.36. The third-order valence-corrected chi connectivity index (χ3v) is 2.86. The molecule has 0 radical (unpaired) electrons. The first kappa shape index (κ1) is 12.4. The maximum atomic E-state index is 11.8. The molecule has 2 aromatic rings. The van der Waals surface area contributed by atoms with Gasteiger partial charge in [-0.3, -0.25) is 4.79 Å². The van der Waals surface area contributed by atoms with Crippen LogP contribution in [0.15, 0.2) is 30.6 Å². The summed E-state index contributed by atoms with van der Waals surface area (Å²) in [6.45, 7) is 4.52. The number of carbonyl (C=O) groups excluding carboxylic acids is 1.